The van der Waals surface area contributed by atoms with Crippen LogP contribution in [0, 0.1) is 0 Å². The van der Waals surface area contributed by atoms with Gasteiger partial charge < -0.3 is 19.8 Å². The van der Waals surface area contributed by atoms with Crippen LogP contribution in [0.5, 0.6) is 5.88 Å². The zero-order valence-electron chi connectivity index (χ0n) is 8.83. The number of carbonyl (C=O) groups is 1. The minimum absolute atomic E-state index is 0.0233. The highest BCUT2D eigenvalue weighted by molar-refractivity contribution is 5.68. The van der Waals surface area contributed by atoms with Crippen molar-refractivity contribution in [3.63, 3.8) is 0 Å². The third-order valence-corrected chi connectivity index (χ3v) is 1.80. The molecule has 0 aliphatic carbocycles. The maximum Gasteiger partial charge on any atom is 0.341 e. The number of ether oxygens (including phenoxy) is 1. The highest BCUT2D eigenvalue weighted by Gasteiger charge is 2.04. The molecule has 0 fully saturated rings. The smallest absolute Gasteiger partial charge is 0.341 e. The number of aliphatic hydroxyl groups excluding tert-OH is 1. The summed E-state index contributed by atoms with van der Waals surface area (Å²) >= 11 is 0. The van der Waals surface area contributed by atoms with E-state index in [9.17, 15) is 4.79 Å². The van der Waals surface area contributed by atoms with Gasteiger partial charge in [-0.2, -0.15) is 0 Å². The van der Waals surface area contributed by atoms with Crippen LogP contribution in [0.3, 0.4) is 0 Å². The van der Waals surface area contributed by atoms with Gasteiger partial charge in [-0.3, -0.25) is 0 Å². The predicted molar refractivity (Wildman–Crippen MR) is 55.5 cm³/mol. The van der Waals surface area contributed by atoms with Gasteiger partial charge in [0.05, 0.1) is 6.61 Å². The van der Waals surface area contributed by atoms with Crippen molar-refractivity contribution in [1.82, 2.24) is 10.2 Å². The molecule has 0 aliphatic heterocycles. The Bertz CT molecular complexity index is 341. The molecule has 0 radical (unpaired) electrons. The second kappa shape index (κ2) is 5.86. The third kappa shape index (κ3) is 3.70. The van der Waals surface area contributed by atoms with Gasteiger partial charge in [0.1, 0.15) is 0 Å². The number of aromatic nitrogens is 2. The Labute approximate surface area is 92.3 Å². The van der Waals surface area contributed by atoms with Crippen LogP contribution >= 0.6 is 0 Å². The molecule has 0 aromatic carbocycles. The van der Waals surface area contributed by atoms with Crippen LogP contribution in [0.15, 0.2) is 12.1 Å². The predicted octanol–water partition coefficient (Wildman–Crippen LogP) is -0.632. The summed E-state index contributed by atoms with van der Waals surface area (Å²) in [6.07, 6.45) is 0. The number of rotatable bonds is 6. The summed E-state index contributed by atoms with van der Waals surface area (Å²) in [5, 5.41) is 24.6. The van der Waals surface area contributed by atoms with Crippen LogP contribution in [0.2, 0.25) is 0 Å². The molecule has 0 saturated heterocycles. The molecular formula is C9H13N3O4. The first-order chi connectivity index (χ1) is 7.63. The van der Waals surface area contributed by atoms with Crippen LogP contribution < -0.4 is 9.64 Å². The molecule has 16 heavy (non-hydrogen) atoms. The van der Waals surface area contributed by atoms with Crippen molar-refractivity contribution in [3.8, 4) is 5.88 Å². The molecule has 1 aromatic rings. The first-order valence-electron chi connectivity index (χ1n) is 4.64. The number of anilines is 1. The molecule has 0 aliphatic rings. The molecule has 0 spiro atoms. The number of hydrogen-bond acceptors (Lipinski definition) is 6. The van der Waals surface area contributed by atoms with Crippen LogP contribution in [-0.2, 0) is 4.79 Å². The number of hydrogen-bond donors (Lipinski definition) is 2. The molecule has 0 bridgehead atoms. The SMILES string of the molecule is CN(CCO)c1ccc(OCC(=O)O)nn1. The van der Waals surface area contributed by atoms with Crippen molar-refractivity contribution in [2.75, 3.05) is 31.7 Å². The lowest BCUT2D eigenvalue weighted by Gasteiger charge is -2.15. The highest BCUT2D eigenvalue weighted by Crippen LogP contribution is 2.10. The van der Waals surface area contributed by atoms with E-state index in [4.69, 9.17) is 14.9 Å². The van der Waals surface area contributed by atoms with E-state index in [1.165, 1.54) is 6.07 Å². The summed E-state index contributed by atoms with van der Waals surface area (Å²) in [5.74, 6) is -0.330. The lowest BCUT2D eigenvalue weighted by Crippen LogP contribution is -2.22. The first kappa shape index (κ1) is 12.2. The Kier molecular flexibility index (Phi) is 4.46. The number of carboxylic acid groups (broad SMARTS) is 1. The van der Waals surface area contributed by atoms with Gasteiger partial charge in [-0.1, -0.05) is 0 Å². The van der Waals surface area contributed by atoms with Gasteiger partial charge >= 0.3 is 5.97 Å². The van der Waals surface area contributed by atoms with Gasteiger partial charge in [0.2, 0.25) is 5.88 Å². The minimum atomic E-state index is -1.07. The van der Waals surface area contributed by atoms with E-state index >= 15 is 0 Å². The van der Waals surface area contributed by atoms with E-state index < -0.39 is 12.6 Å². The second-order valence-corrected chi connectivity index (χ2v) is 3.06. The van der Waals surface area contributed by atoms with Gasteiger partial charge in [0.15, 0.2) is 12.4 Å². The molecule has 1 heterocycles. The topological polar surface area (TPSA) is 95.8 Å². The van der Waals surface area contributed by atoms with Crippen molar-refractivity contribution >= 4 is 11.8 Å². The number of nitrogens with zero attached hydrogens (tertiary/aromatic N) is 3. The summed E-state index contributed by atoms with van der Waals surface area (Å²) in [6.45, 7) is 0.0277. The number of likely N-dealkylation sites (N-methyl/N-ethyl adjacent to an activating group) is 1. The monoisotopic (exact) mass is 227 g/mol. The van der Waals surface area contributed by atoms with Crippen molar-refractivity contribution in [2.24, 2.45) is 0 Å². The Balaban J connectivity index is 2.57. The number of carboxylic acids is 1. The molecule has 0 atom stereocenters. The quantitative estimate of drug-likeness (QED) is 0.667. The maximum atomic E-state index is 10.2. The Morgan fingerprint density at radius 3 is 2.75 bits per heavy atom. The molecule has 88 valence electrons. The van der Waals surface area contributed by atoms with E-state index in [0.717, 1.165) is 0 Å². The van der Waals surface area contributed by atoms with E-state index in [-0.39, 0.29) is 12.5 Å². The average Bonchev–Trinajstić information content (AvgIpc) is 2.27. The molecular weight excluding hydrogens is 214 g/mol. The first-order valence-corrected chi connectivity index (χ1v) is 4.64. The second-order valence-electron chi connectivity index (χ2n) is 3.06. The van der Waals surface area contributed by atoms with E-state index in [1.807, 2.05) is 0 Å². The van der Waals surface area contributed by atoms with E-state index in [2.05, 4.69) is 10.2 Å². The van der Waals surface area contributed by atoms with Crippen LogP contribution in [0.25, 0.3) is 0 Å². The van der Waals surface area contributed by atoms with Crippen LogP contribution in [0.1, 0.15) is 0 Å². The molecule has 7 heteroatoms. The largest absolute Gasteiger partial charge is 0.479 e. The van der Waals surface area contributed by atoms with Crippen LogP contribution in [0.4, 0.5) is 5.82 Å². The lowest BCUT2D eigenvalue weighted by atomic mass is 10.4. The summed E-state index contributed by atoms with van der Waals surface area (Å²) in [7, 11) is 1.76. The standard InChI is InChI=1S/C9H13N3O4/c1-12(4-5-13)7-2-3-8(11-10-7)16-6-9(14)15/h2-3,13H,4-6H2,1H3,(H,14,15). The fourth-order valence-electron chi connectivity index (χ4n) is 0.994. The Morgan fingerprint density at radius 2 is 2.25 bits per heavy atom. The maximum absolute atomic E-state index is 10.2. The normalized spacial score (nSPS) is 9.88. The third-order valence-electron chi connectivity index (χ3n) is 1.80. The summed E-state index contributed by atoms with van der Waals surface area (Å²) < 4.78 is 4.82. The van der Waals surface area contributed by atoms with Crippen molar-refractivity contribution in [1.29, 1.82) is 0 Å². The summed E-state index contributed by atoms with van der Waals surface area (Å²) in [4.78, 5) is 11.9. The van der Waals surface area contributed by atoms with Crippen LogP contribution in [-0.4, -0.2) is 53.2 Å². The van der Waals surface area contributed by atoms with Crippen molar-refractivity contribution in [2.45, 2.75) is 0 Å². The van der Waals surface area contributed by atoms with Crippen molar-refractivity contribution in [3.05, 3.63) is 12.1 Å². The molecule has 0 unspecified atom stereocenters. The molecule has 0 amide bonds. The zero-order valence-corrected chi connectivity index (χ0v) is 8.83. The molecule has 7 nitrogen and oxygen atoms in total. The zero-order chi connectivity index (χ0) is 12.0. The minimum Gasteiger partial charge on any atom is -0.479 e. The summed E-state index contributed by atoms with van der Waals surface area (Å²) in [5.41, 5.74) is 0. The van der Waals surface area contributed by atoms with Gasteiger partial charge in [0, 0.05) is 19.7 Å². The molecule has 1 aromatic heterocycles. The van der Waals surface area contributed by atoms with Gasteiger partial charge in [-0.15, -0.1) is 10.2 Å². The lowest BCUT2D eigenvalue weighted by molar-refractivity contribution is -0.139. The fraction of sp³-hybridized carbons (Fsp3) is 0.444. The highest BCUT2D eigenvalue weighted by atomic mass is 16.5. The average molecular weight is 227 g/mol. The number of aliphatic carboxylic acids is 1. The van der Waals surface area contributed by atoms with Gasteiger partial charge in [-0.05, 0) is 6.07 Å². The molecule has 0 saturated carbocycles. The molecule has 1 rings (SSSR count). The number of aliphatic hydroxyl groups is 1. The van der Waals surface area contributed by atoms with Gasteiger partial charge in [0.25, 0.3) is 0 Å². The van der Waals surface area contributed by atoms with Gasteiger partial charge in [-0.25, -0.2) is 4.79 Å². The Morgan fingerprint density at radius 1 is 1.50 bits per heavy atom. The molecule has 2 N–H and O–H groups in total. The Hall–Kier alpha value is -1.89. The summed E-state index contributed by atoms with van der Waals surface area (Å²) in [6, 6.07) is 3.17. The fourth-order valence-corrected chi connectivity index (χ4v) is 0.994. The van der Waals surface area contributed by atoms with Crippen molar-refractivity contribution < 1.29 is 19.7 Å². The van der Waals surface area contributed by atoms with E-state index in [1.54, 1.807) is 18.0 Å². The van der Waals surface area contributed by atoms with E-state index in [0.29, 0.717) is 12.4 Å².